The molecule has 1 aromatic carbocycles. The SMILES string of the molecule is CS(=O)(=O)O.Ic1ccc(I)c(I)c1I. The first-order valence-electron chi connectivity index (χ1n) is 3.34. The monoisotopic (exact) mass is 678 g/mol. The minimum absolute atomic E-state index is 0.715. The fourth-order valence-corrected chi connectivity index (χ4v) is 3.37. The molecule has 86 valence electrons. The van der Waals surface area contributed by atoms with E-state index in [4.69, 9.17) is 4.55 Å². The molecule has 0 aliphatic heterocycles. The molecule has 3 nitrogen and oxygen atoms in total. The van der Waals surface area contributed by atoms with Crippen molar-refractivity contribution in [1.29, 1.82) is 0 Å². The van der Waals surface area contributed by atoms with E-state index in [2.05, 4.69) is 102 Å². The lowest BCUT2D eigenvalue weighted by Gasteiger charge is -2.00. The van der Waals surface area contributed by atoms with Crippen molar-refractivity contribution in [2.24, 2.45) is 0 Å². The molecular weight excluding hydrogens is 672 g/mol. The van der Waals surface area contributed by atoms with Crippen LogP contribution in [0.4, 0.5) is 0 Å². The Morgan fingerprint density at radius 2 is 1.20 bits per heavy atom. The summed E-state index contributed by atoms with van der Waals surface area (Å²) in [6, 6.07) is 4.29. The van der Waals surface area contributed by atoms with E-state index in [1.807, 2.05) is 0 Å². The summed E-state index contributed by atoms with van der Waals surface area (Å²) in [4.78, 5) is 0. The average molecular weight is 678 g/mol. The maximum atomic E-state index is 9.19. The second kappa shape index (κ2) is 7.48. The van der Waals surface area contributed by atoms with Crippen molar-refractivity contribution >= 4 is 100 Å². The molecule has 0 heterocycles. The molecule has 0 fully saturated rings. The van der Waals surface area contributed by atoms with Crippen LogP contribution in [0, 0.1) is 14.3 Å². The number of hydrogen-bond acceptors (Lipinski definition) is 2. The van der Waals surface area contributed by atoms with Crippen LogP contribution in [0.2, 0.25) is 0 Å². The Hall–Kier alpha value is 2.05. The minimum atomic E-state index is -3.67. The van der Waals surface area contributed by atoms with Gasteiger partial charge in [-0.2, -0.15) is 8.42 Å². The van der Waals surface area contributed by atoms with Crippen LogP contribution < -0.4 is 0 Å². The maximum absolute atomic E-state index is 9.19. The van der Waals surface area contributed by atoms with Gasteiger partial charge in [-0.15, -0.1) is 0 Å². The van der Waals surface area contributed by atoms with Crippen molar-refractivity contribution in [3.8, 4) is 0 Å². The van der Waals surface area contributed by atoms with Crippen molar-refractivity contribution in [3.05, 3.63) is 26.4 Å². The summed E-state index contributed by atoms with van der Waals surface area (Å²) in [6.45, 7) is 0. The van der Waals surface area contributed by atoms with Crippen molar-refractivity contribution in [2.75, 3.05) is 6.26 Å². The van der Waals surface area contributed by atoms with Crippen LogP contribution in [-0.2, 0) is 10.1 Å². The molecule has 0 atom stereocenters. The summed E-state index contributed by atoms with van der Waals surface area (Å²) >= 11 is 9.45. The average Bonchev–Trinajstić information content (AvgIpc) is 2.05. The topological polar surface area (TPSA) is 54.4 Å². The summed E-state index contributed by atoms with van der Waals surface area (Å²) in [5, 5.41) is 0. The summed E-state index contributed by atoms with van der Waals surface area (Å²) in [5.74, 6) is 0. The van der Waals surface area contributed by atoms with E-state index in [9.17, 15) is 8.42 Å². The summed E-state index contributed by atoms with van der Waals surface area (Å²) in [5.41, 5.74) is 0. The predicted octanol–water partition coefficient (Wildman–Crippen LogP) is 3.61. The third-order valence-electron chi connectivity index (χ3n) is 0.988. The van der Waals surface area contributed by atoms with Gasteiger partial charge in [0.2, 0.25) is 0 Å². The van der Waals surface area contributed by atoms with Crippen molar-refractivity contribution in [3.63, 3.8) is 0 Å². The third kappa shape index (κ3) is 8.73. The molecule has 0 saturated carbocycles. The molecule has 0 radical (unpaired) electrons. The number of hydrogen-bond donors (Lipinski definition) is 1. The van der Waals surface area contributed by atoms with Gasteiger partial charge in [-0.1, -0.05) is 0 Å². The van der Waals surface area contributed by atoms with E-state index in [-0.39, 0.29) is 0 Å². The van der Waals surface area contributed by atoms with Crippen LogP contribution >= 0.6 is 90.4 Å². The first-order valence-corrected chi connectivity index (χ1v) is 9.50. The van der Waals surface area contributed by atoms with E-state index in [1.165, 1.54) is 14.3 Å². The van der Waals surface area contributed by atoms with Crippen molar-refractivity contribution in [1.82, 2.24) is 0 Å². The Morgan fingerprint density at radius 1 is 1.00 bits per heavy atom. The van der Waals surface area contributed by atoms with E-state index in [1.54, 1.807) is 0 Å². The molecule has 1 rings (SSSR count). The molecule has 0 bridgehead atoms. The van der Waals surface area contributed by atoms with Gasteiger partial charge in [-0.3, -0.25) is 4.55 Å². The lowest BCUT2D eigenvalue weighted by molar-refractivity contribution is 0.490. The Bertz CT molecular complexity index is 409. The molecule has 15 heavy (non-hydrogen) atoms. The molecule has 0 unspecified atom stereocenters. The molecule has 0 aliphatic carbocycles. The van der Waals surface area contributed by atoms with Gasteiger partial charge in [-0.25, -0.2) is 0 Å². The summed E-state index contributed by atoms with van der Waals surface area (Å²) in [7, 11) is -3.67. The highest BCUT2D eigenvalue weighted by atomic mass is 127. The molecule has 8 heteroatoms. The third-order valence-corrected chi connectivity index (χ3v) is 8.12. The zero-order valence-corrected chi connectivity index (χ0v) is 16.8. The van der Waals surface area contributed by atoms with Gasteiger partial charge >= 0.3 is 0 Å². The van der Waals surface area contributed by atoms with Crippen molar-refractivity contribution < 1.29 is 13.0 Å². The van der Waals surface area contributed by atoms with Gasteiger partial charge < -0.3 is 0 Å². The zero-order chi connectivity index (χ0) is 12.2. The second-order valence-corrected chi connectivity index (χ2v) is 8.34. The highest BCUT2D eigenvalue weighted by molar-refractivity contribution is 14.1. The van der Waals surface area contributed by atoms with Gasteiger partial charge in [0.1, 0.15) is 0 Å². The fourth-order valence-electron chi connectivity index (χ4n) is 0.502. The van der Waals surface area contributed by atoms with Gasteiger partial charge in [0.25, 0.3) is 10.1 Å². The number of benzene rings is 1. The largest absolute Gasteiger partial charge is 0.286 e. The van der Waals surface area contributed by atoms with Crippen LogP contribution in [0.5, 0.6) is 0 Å². The molecular formula is C7H6I4O3S. The summed E-state index contributed by atoms with van der Waals surface area (Å²) in [6.07, 6.45) is 0.715. The molecule has 0 aliphatic rings. The van der Waals surface area contributed by atoms with E-state index >= 15 is 0 Å². The molecule has 0 saturated heterocycles. The van der Waals surface area contributed by atoms with E-state index < -0.39 is 10.1 Å². The molecule has 1 aromatic rings. The van der Waals surface area contributed by atoms with Crippen LogP contribution in [-0.4, -0.2) is 19.2 Å². The van der Waals surface area contributed by atoms with Gasteiger partial charge in [0.05, 0.1) is 6.26 Å². The van der Waals surface area contributed by atoms with Crippen molar-refractivity contribution in [2.45, 2.75) is 0 Å². The lowest BCUT2D eigenvalue weighted by Crippen LogP contribution is -1.88. The molecule has 1 N–H and O–H groups in total. The minimum Gasteiger partial charge on any atom is -0.286 e. The smallest absolute Gasteiger partial charge is 0.261 e. The van der Waals surface area contributed by atoms with Crippen LogP contribution in [0.3, 0.4) is 0 Å². The Labute approximate surface area is 143 Å². The predicted molar refractivity (Wildman–Crippen MR) is 94.8 cm³/mol. The normalized spacial score (nSPS) is 10.5. The van der Waals surface area contributed by atoms with Gasteiger partial charge in [0.15, 0.2) is 0 Å². The van der Waals surface area contributed by atoms with Crippen LogP contribution in [0.15, 0.2) is 12.1 Å². The highest BCUT2D eigenvalue weighted by Crippen LogP contribution is 2.25. The number of rotatable bonds is 0. The molecule has 0 spiro atoms. The number of halogens is 4. The Balaban J connectivity index is 0.000000336. The first kappa shape index (κ1) is 17.1. The standard InChI is InChI=1S/C6H2I4.CH4O3S/c7-3-1-2-4(8)6(10)5(3)9;1-5(2,3)4/h1-2H;1H3,(H,2,3,4). The lowest BCUT2D eigenvalue weighted by atomic mass is 10.4. The summed E-state index contributed by atoms with van der Waals surface area (Å²) < 4.78 is 31.3. The Morgan fingerprint density at radius 3 is 1.40 bits per heavy atom. The quantitative estimate of drug-likeness (QED) is 0.198. The van der Waals surface area contributed by atoms with Crippen LogP contribution in [0.1, 0.15) is 0 Å². The Kier molecular flexibility index (Phi) is 8.50. The molecule has 0 aromatic heterocycles. The van der Waals surface area contributed by atoms with Crippen LogP contribution in [0.25, 0.3) is 0 Å². The van der Waals surface area contributed by atoms with Gasteiger partial charge in [0, 0.05) is 14.3 Å². The fraction of sp³-hybridized carbons (Fsp3) is 0.143. The highest BCUT2D eigenvalue weighted by Gasteiger charge is 2.03. The van der Waals surface area contributed by atoms with Gasteiger partial charge in [-0.05, 0) is 102 Å². The second-order valence-electron chi connectivity index (χ2n) is 2.39. The van der Waals surface area contributed by atoms with E-state index in [0.29, 0.717) is 6.26 Å². The first-order chi connectivity index (χ1) is 6.63. The van der Waals surface area contributed by atoms with E-state index in [0.717, 1.165) is 0 Å². The molecule has 0 amide bonds. The zero-order valence-electron chi connectivity index (χ0n) is 7.34. The maximum Gasteiger partial charge on any atom is 0.261 e.